The highest BCUT2D eigenvalue weighted by Gasteiger charge is 2.57. The highest BCUT2D eigenvalue weighted by molar-refractivity contribution is 5.40. The molecule has 5 aliphatic heterocycles. The van der Waals surface area contributed by atoms with Gasteiger partial charge in [-0.25, -0.2) is 4.68 Å². The predicted octanol–water partition coefficient (Wildman–Crippen LogP) is 5.35. The van der Waals surface area contributed by atoms with E-state index in [9.17, 15) is 0 Å². The van der Waals surface area contributed by atoms with Gasteiger partial charge in [0.1, 0.15) is 54.5 Å². The van der Waals surface area contributed by atoms with Gasteiger partial charge in [-0.15, -0.1) is 5.10 Å². The molecule has 0 spiro atoms. The maximum atomic E-state index is 7.09. The first-order valence-corrected chi connectivity index (χ1v) is 19.7. The number of hydrogen-bond donors (Lipinski definition) is 0. The van der Waals surface area contributed by atoms with Crippen molar-refractivity contribution in [2.24, 2.45) is 0 Å². The molecule has 14 heteroatoms. The molecule has 4 saturated heterocycles. The van der Waals surface area contributed by atoms with Crippen LogP contribution in [0.4, 0.5) is 0 Å². The van der Waals surface area contributed by atoms with Gasteiger partial charge in [-0.3, -0.25) is 0 Å². The van der Waals surface area contributed by atoms with Gasteiger partial charge in [0.25, 0.3) is 0 Å². The number of nitrogens with zero attached hydrogens (tertiary/aromatic N) is 3. The average Bonchev–Trinajstić information content (AvgIpc) is 3.76. The van der Waals surface area contributed by atoms with Gasteiger partial charge in [0.15, 0.2) is 25.2 Å². The maximum Gasteiger partial charge on any atom is 0.187 e. The molecule has 12 atom stereocenters. The second-order valence-corrected chi connectivity index (χ2v) is 14.9. The van der Waals surface area contributed by atoms with E-state index >= 15 is 0 Å². The average molecular weight is 792 g/mol. The number of hydrogen-bond acceptors (Lipinski definition) is 13. The summed E-state index contributed by atoms with van der Waals surface area (Å²) in [5, 5.41) is 8.97. The molecule has 0 N–H and O–H groups in total. The third-order valence-corrected chi connectivity index (χ3v) is 11.2. The number of aromatic nitrogens is 3. The Morgan fingerprint density at radius 1 is 0.603 bits per heavy atom. The number of methoxy groups -OCH3 is 1. The van der Waals surface area contributed by atoms with Gasteiger partial charge in [0.2, 0.25) is 0 Å². The van der Waals surface area contributed by atoms with Crippen molar-refractivity contribution in [2.45, 2.75) is 93.8 Å². The highest BCUT2D eigenvalue weighted by atomic mass is 16.8. The summed E-state index contributed by atoms with van der Waals surface area (Å²) in [7, 11) is 1.58. The van der Waals surface area contributed by atoms with Crippen LogP contribution in [0.1, 0.15) is 40.5 Å². The molecule has 0 aliphatic carbocycles. The molecule has 2 bridgehead atoms. The van der Waals surface area contributed by atoms with Gasteiger partial charge in [-0.1, -0.05) is 114 Å². The summed E-state index contributed by atoms with van der Waals surface area (Å²) in [6.45, 7) is 1.02. The Kier molecular flexibility index (Phi) is 11.1. The lowest BCUT2D eigenvalue weighted by Gasteiger charge is -2.52. The van der Waals surface area contributed by atoms with E-state index in [0.29, 0.717) is 5.69 Å². The van der Waals surface area contributed by atoms with Crippen molar-refractivity contribution in [3.8, 4) is 5.69 Å². The minimum atomic E-state index is -1.04. The molecule has 5 aromatic rings. The van der Waals surface area contributed by atoms with Crippen LogP contribution in [0, 0.1) is 0 Å². The molecule has 5 aliphatic rings. The lowest BCUT2D eigenvalue weighted by molar-refractivity contribution is -0.411. The Bertz CT molecular complexity index is 2090. The fraction of sp³-hybridized carbons (Fsp3) is 0.409. The first-order chi connectivity index (χ1) is 28.7. The van der Waals surface area contributed by atoms with Crippen LogP contribution in [0.25, 0.3) is 5.69 Å². The molecule has 1 aromatic heterocycles. The molecule has 6 heterocycles. The second kappa shape index (κ2) is 17.0. The normalized spacial score (nSPS) is 33.6. The van der Waals surface area contributed by atoms with Crippen molar-refractivity contribution in [1.29, 1.82) is 0 Å². The molecule has 0 saturated carbocycles. The van der Waals surface area contributed by atoms with E-state index in [1.165, 1.54) is 0 Å². The standard InChI is InChI=1S/C44H45N3O11/c1-48-43-40-38(36-33(54-43)25-52-42(57-36)29-17-9-4-10-18-29)50-23-30-19-11-12-20-32(30)47-21-31(45-46-47)24-51-39-37(49-22-27-13-5-2-6-14-27)35-34(55-44(39)58-40)26-53-41(56-35)28-15-7-3-8-16-28/h2-21,33-44H,22-26H2,1H3/t33-,34-,35-,36-,37+,38+,39-,40-,41-,42-,43+,44+/m1/s1. The SMILES string of the molecule is CO[C@H]1O[C@@H]2CO[C@@H](c3ccccc3)O[C@H]2[C@@H]2OCc3ccccc3-n3cc(nn3)CO[C@H]3[C@H](O[C@@H]12)O[C@@H]1CO[C@@H](c2ccccc2)O[C@H]1[C@@H]3OCc1ccccc1. The summed E-state index contributed by atoms with van der Waals surface area (Å²) in [4.78, 5) is 0. The second-order valence-electron chi connectivity index (χ2n) is 14.9. The smallest absolute Gasteiger partial charge is 0.187 e. The summed E-state index contributed by atoms with van der Waals surface area (Å²) in [6, 6.07) is 37.5. The van der Waals surface area contributed by atoms with Gasteiger partial charge < -0.3 is 52.1 Å². The highest BCUT2D eigenvalue weighted by Crippen LogP contribution is 2.41. The van der Waals surface area contributed by atoms with Crippen molar-refractivity contribution < 1.29 is 52.1 Å². The fourth-order valence-corrected chi connectivity index (χ4v) is 8.28. The zero-order chi connectivity index (χ0) is 38.8. The molecule has 0 amide bonds. The van der Waals surface area contributed by atoms with Crippen LogP contribution < -0.4 is 0 Å². The molecule has 302 valence electrons. The largest absolute Gasteiger partial charge is 0.368 e. The van der Waals surface area contributed by atoms with Crippen LogP contribution >= 0.6 is 0 Å². The Hall–Kier alpha value is -4.42. The molecule has 4 aromatic carbocycles. The number of rotatable bonds is 6. The first-order valence-electron chi connectivity index (χ1n) is 19.7. The minimum Gasteiger partial charge on any atom is -0.368 e. The van der Waals surface area contributed by atoms with Crippen LogP contribution in [0.15, 0.2) is 121 Å². The van der Waals surface area contributed by atoms with Crippen LogP contribution in [-0.2, 0) is 71.9 Å². The Morgan fingerprint density at radius 2 is 1.24 bits per heavy atom. The molecule has 14 nitrogen and oxygen atoms in total. The monoisotopic (exact) mass is 791 g/mol. The molecule has 0 radical (unpaired) electrons. The minimum absolute atomic E-state index is 0.0793. The van der Waals surface area contributed by atoms with Gasteiger partial charge in [-0.05, 0) is 11.6 Å². The Morgan fingerprint density at radius 3 is 1.97 bits per heavy atom. The van der Waals surface area contributed by atoms with Gasteiger partial charge in [0, 0.05) is 23.8 Å². The van der Waals surface area contributed by atoms with Crippen molar-refractivity contribution in [1.82, 2.24) is 15.0 Å². The molecular formula is C44H45N3O11. The zero-order valence-electron chi connectivity index (χ0n) is 31.8. The van der Waals surface area contributed by atoms with Crippen LogP contribution in [0.3, 0.4) is 0 Å². The van der Waals surface area contributed by atoms with E-state index in [1.807, 2.05) is 121 Å². The molecule has 0 unspecified atom stereocenters. The van der Waals surface area contributed by atoms with E-state index in [-0.39, 0.29) is 33.0 Å². The molecular weight excluding hydrogens is 746 g/mol. The first kappa shape index (κ1) is 37.8. The van der Waals surface area contributed by atoms with E-state index in [0.717, 1.165) is 27.9 Å². The van der Waals surface area contributed by atoms with Gasteiger partial charge >= 0.3 is 0 Å². The Balaban J connectivity index is 1.04. The predicted molar refractivity (Wildman–Crippen MR) is 203 cm³/mol. The Labute approximate surface area is 335 Å². The van der Waals surface area contributed by atoms with Crippen LogP contribution in [0.5, 0.6) is 0 Å². The topological polar surface area (TPSA) is 132 Å². The maximum absolute atomic E-state index is 7.09. The van der Waals surface area contributed by atoms with E-state index in [1.54, 1.807) is 11.8 Å². The fourth-order valence-electron chi connectivity index (χ4n) is 8.28. The van der Waals surface area contributed by atoms with Crippen molar-refractivity contribution >= 4 is 0 Å². The van der Waals surface area contributed by atoms with Crippen molar-refractivity contribution in [3.05, 3.63) is 149 Å². The summed E-state index contributed by atoms with van der Waals surface area (Å²) < 4.78 is 74.8. The number of benzene rings is 4. The summed E-state index contributed by atoms with van der Waals surface area (Å²) >= 11 is 0. The molecule has 10 rings (SSSR count). The summed E-state index contributed by atoms with van der Waals surface area (Å²) in [5.41, 5.74) is 5.04. The number of fused-ring (bicyclic) bond motifs is 9. The summed E-state index contributed by atoms with van der Waals surface area (Å²) in [5.74, 6) is 0. The van der Waals surface area contributed by atoms with E-state index in [2.05, 4.69) is 10.3 Å². The van der Waals surface area contributed by atoms with Crippen LogP contribution in [-0.4, -0.2) is 96.7 Å². The lowest BCUT2D eigenvalue weighted by Crippen LogP contribution is -2.67. The molecule has 58 heavy (non-hydrogen) atoms. The summed E-state index contributed by atoms with van der Waals surface area (Å²) in [6.07, 6.45) is -6.85. The van der Waals surface area contributed by atoms with Crippen molar-refractivity contribution in [2.75, 3.05) is 20.3 Å². The zero-order valence-corrected chi connectivity index (χ0v) is 31.8. The van der Waals surface area contributed by atoms with Gasteiger partial charge in [0.05, 0.1) is 44.9 Å². The number of ether oxygens (including phenoxy) is 11. The molecule has 4 fully saturated rings. The van der Waals surface area contributed by atoms with Crippen molar-refractivity contribution in [3.63, 3.8) is 0 Å². The lowest BCUT2D eigenvalue weighted by atomic mass is 9.95. The van der Waals surface area contributed by atoms with E-state index in [4.69, 9.17) is 52.1 Å². The van der Waals surface area contributed by atoms with E-state index < -0.39 is 74.0 Å². The number of para-hydroxylation sites is 1. The third kappa shape index (κ3) is 7.74. The van der Waals surface area contributed by atoms with Gasteiger partial charge in [-0.2, -0.15) is 0 Å². The third-order valence-electron chi connectivity index (χ3n) is 11.2. The quantitative estimate of drug-likeness (QED) is 0.219. The van der Waals surface area contributed by atoms with Crippen LogP contribution in [0.2, 0.25) is 0 Å².